The highest BCUT2D eigenvalue weighted by molar-refractivity contribution is 5.84. The number of amides is 1. The zero-order chi connectivity index (χ0) is 12.0. The summed E-state index contributed by atoms with van der Waals surface area (Å²) in [5.74, 6) is -0.161. The zero-order valence-electron chi connectivity index (χ0n) is 9.92. The van der Waals surface area contributed by atoms with E-state index in [0.29, 0.717) is 19.3 Å². The third-order valence-electron chi connectivity index (χ3n) is 4.57. The van der Waals surface area contributed by atoms with Crippen molar-refractivity contribution in [2.45, 2.75) is 51.7 Å². The van der Waals surface area contributed by atoms with Crippen LogP contribution in [-0.2, 0) is 4.79 Å². The first-order chi connectivity index (χ1) is 7.42. The number of nitrogens with one attached hydrogen (secondary N) is 1. The monoisotopic (exact) mass is 229 g/mol. The van der Waals surface area contributed by atoms with Gasteiger partial charge in [0.05, 0.1) is 11.5 Å². The van der Waals surface area contributed by atoms with E-state index in [4.69, 9.17) is 0 Å². The zero-order valence-corrected chi connectivity index (χ0v) is 9.92. The average Bonchev–Trinajstić information content (AvgIpc) is 2.16. The molecule has 2 N–H and O–H groups in total. The first-order valence-electron chi connectivity index (χ1n) is 5.97. The van der Waals surface area contributed by atoms with Gasteiger partial charge in [-0.1, -0.05) is 20.3 Å². The van der Waals surface area contributed by atoms with Crippen molar-refractivity contribution in [2.75, 3.05) is 6.67 Å². The average molecular weight is 229 g/mol. The number of hydrogen-bond acceptors (Lipinski definition) is 2. The van der Waals surface area contributed by atoms with Crippen LogP contribution in [0.4, 0.5) is 4.39 Å². The fraction of sp³-hybridized carbons (Fsp3) is 0.917. The summed E-state index contributed by atoms with van der Waals surface area (Å²) >= 11 is 0. The molecule has 0 saturated heterocycles. The van der Waals surface area contributed by atoms with E-state index in [0.717, 1.165) is 6.42 Å². The van der Waals surface area contributed by atoms with Gasteiger partial charge in [0.1, 0.15) is 6.67 Å². The number of carbonyl (C=O) groups is 1. The number of alkyl halides is 1. The van der Waals surface area contributed by atoms with E-state index in [9.17, 15) is 14.3 Å². The van der Waals surface area contributed by atoms with Crippen molar-refractivity contribution in [1.29, 1.82) is 0 Å². The fourth-order valence-corrected chi connectivity index (χ4v) is 2.48. The van der Waals surface area contributed by atoms with E-state index in [1.54, 1.807) is 0 Å². The van der Waals surface area contributed by atoms with Gasteiger partial charge in [0.15, 0.2) is 0 Å². The first kappa shape index (κ1) is 11.8. The molecule has 2 atom stereocenters. The Morgan fingerprint density at radius 1 is 1.50 bits per heavy atom. The third kappa shape index (κ3) is 1.54. The topological polar surface area (TPSA) is 49.3 Å². The molecule has 1 amide bonds. The molecule has 2 rings (SSSR count). The van der Waals surface area contributed by atoms with Crippen LogP contribution in [0.3, 0.4) is 0 Å². The minimum atomic E-state index is -0.753. The van der Waals surface area contributed by atoms with Gasteiger partial charge in [-0.2, -0.15) is 0 Å². The number of halogens is 1. The van der Waals surface area contributed by atoms with E-state index in [1.807, 2.05) is 13.8 Å². The SMILES string of the molecule is CC1(C)C(O)CC1NC(=O)C1(CF)CCC1. The highest BCUT2D eigenvalue weighted by atomic mass is 19.1. The van der Waals surface area contributed by atoms with Crippen LogP contribution in [0, 0.1) is 10.8 Å². The summed E-state index contributed by atoms with van der Waals surface area (Å²) in [4.78, 5) is 11.9. The fourth-order valence-electron chi connectivity index (χ4n) is 2.48. The number of rotatable bonds is 3. The Morgan fingerprint density at radius 2 is 2.12 bits per heavy atom. The molecule has 0 aromatic carbocycles. The molecule has 2 saturated carbocycles. The molecular weight excluding hydrogens is 209 g/mol. The molecule has 4 heteroatoms. The summed E-state index contributed by atoms with van der Waals surface area (Å²) < 4.78 is 12.9. The lowest BCUT2D eigenvalue weighted by molar-refractivity contribution is -0.145. The maximum absolute atomic E-state index is 12.9. The van der Waals surface area contributed by atoms with Crippen molar-refractivity contribution in [1.82, 2.24) is 5.32 Å². The molecule has 2 aliphatic carbocycles. The first-order valence-corrected chi connectivity index (χ1v) is 5.97. The second-order valence-electron chi connectivity index (χ2n) is 5.87. The summed E-state index contributed by atoms with van der Waals surface area (Å²) in [7, 11) is 0. The number of carbonyl (C=O) groups excluding carboxylic acids is 1. The lowest BCUT2D eigenvalue weighted by Crippen LogP contribution is -2.63. The van der Waals surface area contributed by atoms with E-state index in [-0.39, 0.29) is 23.5 Å². The van der Waals surface area contributed by atoms with Gasteiger partial charge in [-0.05, 0) is 19.3 Å². The highest BCUT2D eigenvalue weighted by Crippen LogP contribution is 2.44. The van der Waals surface area contributed by atoms with Gasteiger partial charge in [-0.15, -0.1) is 0 Å². The Morgan fingerprint density at radius 3 is 2.44 bits per heavy atom. The van der Waals surface area contributed by atoms with E-state index in [1.165, 1.54) is 0 Å². The second kappa shape index (κ2) is 3.69. The highest BCUT2D eigenvalue weighted by Gasteiger charge is 2.51. The summed E-state index contributed by atoms with van der Waals surface area (Å²) in [5, 5.41) is 12.5. The lowest BCUT2D eigenvalue weighted by atomic mass is 9.63. The molecular formula is C12H20FNO2. The van der Waals surface area contributed by atoms with Gasteiger partial charge in [0, 0.05) is 11.5 Å². The third-order valence-corrected chi connectivity index (χ3v) is 4.57. The summed E-state index contributed by atoms with van der Waals surface area (Å²) in [6.45, 7) is 3.29. The Hall–Kier alpha value is -0.640. The molecule has 2 aliphatic rings. The van der Waals surface area contributed by atoms with Crippen molar-refractivity contribution >= 4 is 5.91 Å². The Balaban J connectivity index is 1.94. The smallest absolute Gasteiger partial charge is 0.229 e. The molecule has 0 aliphatic heterocycles. The van der Waals surface area contributed by atoms with Gasteiger partial charge >= 0.3 is 0 Å². The molecule has 92 valence electrons. The second-order valence-corrected chi connectivity index (χ2v) is 5.87. The van der Waals surface area contributed by atoms with Crippen molar-refractivity contribution in [3.8, 4) is 0 Å². The Bertz CT molecular complexity index is 294. The molecule has 3 nitrogen and oxygen atoms in total. The number of aliphatic hydroxyl groups excluding tert-OH is 1. The minimum absolute atomic E-state index is 0.0148. The lowest BCUT2D eigenvalue weighted by Gasteiger charge is -2.51. The summed E-state index contributed by atoms with van der Waals surface area (Å²) in [5.41, 5.74) is -1.03. The van der Waals surface area contributed by atoms with Crippen LogP contribution in [0.25, 0.3) is 0 Å². The summed E-state index contributed by atoms with van der Waals surface area (Å²) in [6.07, 6.45) is 2.48. The maximum atomic E-state index is 12.9. The molecule has 0 aromatic heterocycles. The normalized spacial score (nSPS) is 34.8. The molecule has 0 aromatic rings. The molecule has 2 unspecified atom stereocenters. The van der Waals surface area contributed by atoms with E-state index >= 15 is 0 Å². The standard InChI is InChI=1S/C12H20FNO2/c1-11(2)8(6-9(11)15)14-10(16)12(7-13)4-3-5-12/h8-9,15H,3-7H2,1-2H3,(H,14,16). The predicted octanol–water partition coefficient (Wildman–Crippen LogP) is 1.40. The minimum Gasteiger partial charge on any atom is -0.392 e. The van der Waals surface area contributed by atoms with Crippen molar-refractivity contribution in [3.05, 3.63) is 0 Å². The largest absolute Gasteiger partial charge is 0.392 e. The van der Waals surface area contributed by atoms with Crippen LogP contribution in [0.1, 0.15) is 39.5 Å². The van der Waals surface area contributed by atoms with Gasteiger partial charge in [0.25, 0.3) is 0 Å². The van der Waals surface area contributed by atoms with Crippen LogP contribution in [0.2, 0.25) is 0 Å². The van der Waals surface area contributed by atoms with Crippen LogP contribution in [0.5, 0.6) is 0 Å². The van der Waals surface area contributed by atoms with Crippen LogP contribution >= 0.6 is 0 Å². The van der Waals surface area contributed by atoms with Crippen molar-refractivity contribution < 1.29 is 14.3 Å². The maximum Gasteiger partial charge on any atom is 0.229 e. The van der Waals surface area contributed by atoms with Crippen LogP contribution in [0.15, 0.2) is 0 Å². The van der Waals surface area contributed by atoms with Crippen molar-refractivity contribution in [2.24, 2.45) is 10.8 Å². The van der Waals surface area contributed by atoms with Gasteiger partial charge < -0.3 is 10.4 Å². The quantitative estimate of drug-likeness (QED) is 0.768. The summed E-state index contributed by atoms with van der Waals surface area (Å²) in [6, 6.07) is -0.0148. The van der Waals surface area contributed by atoms with Crippen LogP contribution in [-0.4, -0.2) is 29.8 Å². The molecule has 0 heterocycles. The predicted molar refractivity (Wildman–Crippen MR) is 58.6 cm³/mol. The van der Waals surface area contributed by atoms with E-state index < -0.39 is 12.1 Å². The van der Waals surface area contributed by atoms with Gasteiger partial charge in [0.2, 0.25) is 5.91 Å². The molecule has 0 radical (unpaired) electrons. The van der Waals surface area contributed by atoms with Gasteiger partial charge in [-0.3, -0.25) is 4.79 Å². The van der Waals surface area contributed by atoms with E-state index in [2.05, 4.69) is 5.32 Å². The Labute approximate surface area is 95.4 Å². The number of hydrogen-bond donors (Lipinski definition) is 2. The molecule has 16 heavy (non-hydrogen) atoms. The van der Waals surface area contributed by atoms with Crippen LogP contribution < -0.4 is 5.32 Å². The number of aliphatic hydroxyl groups is 1. The molecule has 0 bridgehead atoms. The Kier molecular flexibility index (Phi) is 2.73. The van der Waals surface area contributed by atoms with Gasteiger partial charge in [-0.25, -0.2) is 4.39 Å². The molecule has 0 spiro atoms. The molecule has 2 fully saturated rings. The van der Waals surface area contributed by atoms with Crippen molar-refractivity contribution in [3.63, 3.8) is 0 Å².